The van der Waals surface area contributed by atoms with E-state index in [2.05, 4.69) is 23.1 Å². The fourth-order valence-corrected chi connectivity index (χ4v) is 2.09. The molecule has 2 aromatic rings. The van der Waals surface area contributed by atoms with Crippen LogP contribution in [-0.2, 0) is 13.0 Å². The van der Waals surface area contributed by atoms with Gasteiger partial charge >= 0.3 is 0 Å². The van der Waals surface area contributed by atoms with E-state index in [0.29, 0.717) is 5.92 Å². The Morgan fingerprint density at radius 2 is 2.22 bits per heavy atom. The Bertz CT molecular complexity index is 536. The van der Waals surface area contributed by atoms with Gasteiger partial charge in [0.1, 0.15) is 0 Å². The summed E-state index contributed by atoms with van der Waals surface area (Å²) in [5.41, 5.74) is 3.03. The number of nitrogens with zero attached hydrogens (tertiary/aromatic N) is 3. The van der Waals surface area contributed by atoms with E-state index in [0.717, 1.165) is 29.2 Å². The zero-order valence-electron chi connectivity index (χ0n) is 10.5. The molecule has 2 aromatic heterocycles. The first-order valence-electron chi connectivity index (χ1n) is 6.46. The lowest BCUT2D eigenvalue weighted by Gasteiger charge is -2.06. The van der Waals surface area contributed by atoms with Crippen LogP contribution in [0.5, 0.6) is 0 Å². The van der Waals surface area contributed by atoms with Crippen LogP contribution < -0.4 is 0 Å². The fraction of sp³-hybridized carbons (Fsp3) is 0.429. The van der Waals surface area contributed by atoms with Crippen molar-refractivity contribution >= 4 is 0 Å². The number of hydrogen-bond donors (Lipinski definition) is 1. The predicted molar refractivity (Wildman–Crippen MR) is 68.6 cm³/mol. The number of aliphatic hydroxyl groups is 1. The van der Waals surface area contributed by atoms with Crippen molar-refractivity contribution in [3.63, 3.8) is 0 Å². The van der Waals surface area contributed by atoms with Crippen LogP contribution in [0.4, 0.5) is 0 Å². The van der Waals surface area contributed by atoms with Gasteiger partial charge in [-0.15, -0.1) is 0 Å². The van der Waals surface area contributed by atoms with Gasteiger partial charge in [0.05, 0.1) is 12.3 Å². The van der Waals surface area contributed by atoms with Gasteiger partial charge in [-0.05, 0) is 43.0 Å². The van der Waals surface area contributed by atoms with Crippen LogP contribution in [0.25, 0.3) is 5.82 Å². The maximum Gasteiger partial charge on any atom is 0.153 e. The number of aliphatic hydroxyl groups excluding tert-OH is 1. The quantitative estimate of drug-likeness (QED) is 0.895. The summed E-state index contributed by atoms with van der Waals surface area (Å²) in [4.78, 5) is 4.55. The SMILES string of the molecule is CCc1cc(CO)cc(-n2ccc(C3CC3)n2)n1. The van der Waals surface area contributed by atoms with Crippen LogP contribution in [0.15, 0.2) is 24.4 Å². The second kappa shape index (κ2) is 4.53. The Balaban J connectivity index is 1.97. The highest BCUT2D eigenvalue weighted by atomic mass is 16.3. The summed E-state index contributed by atoms with van der Waals surface area (Å²) in [6, 6.07) is 5.90. The van der Waals surface area contributed by atoms with Gasteiger partial charge in [0.25, 0.3) is 0 Å². The van der Waals surface area contributed by atoms with Crippen LogP contribution in [0.2, 0.25) is 0 Å². The van der Waals surface area contributed by atoms with Crippen LogP contribution in [0, 0.1) is 0 Å². The molecule has 2 heterocycles. The summed E-state index contributed by atoms with van der Waals surface area (Å²) in [5, 5.41) is 13.8. The zero-order valence-corrected chi connectivity index (χ0v) is 10.5. The summed E-state index contributed by atoms with van der Waals surface area (Å²) in [6.07, 6.45) is 5.32. The third-order valence-electron chi connectivity index (χ3n) is 3.31. The number of pyridine rings is 1. The largest absolute Gasteiger partial charge is 0.392 e. The van der Waals surface area contributed by atoms with Crippen molar-refractivity contribution in [3.05, 3.63) is 41.3 Å². The predicted octanol–water partition coefficient (Wildman–Crippen LogP) is 2.20. The summed E-state index contributed by atoms with van der Waals surface area (Å²) in [6.45, 7) is 2.10. The molecule has 94 valence electrons. The van der Waals surface area contributed by atoms with Crippen molar-refractivity contribution < 1.29 is 5.11 Å². The van der Waals surface area contributed by atoms with E-state index in [1.54, 1.807) is 0 Å². The average molecular weight is 243 g/mol. The van der Waals surface area contributed by atoms with Gasteiger partial charge in [-0.2, -0.15) is 5.10 Å². The Hall–Kier alpha value is -1.68. The molecule has 1 N–H and O–H groups in total. The molecule has 1 saturated carbocycles. The molecular formula is C14H17N3O. The van der Waals surface area contributed by atoms with Crippen molar-refractivity contribution in [2.45, 2.75) is 38.7 Å². The van der Waals surface area contributed by atoms with E-state index in [4.69, 9.17) is 0 Å². The van der Waals surface area contributed by atoms with Crippen molar-refractivity contribution in [2.75, 3.05) is 0 Å². The smallest absolute Gasteiger partial charge is 0.153 e. The lowest BCUT2D eigenvalue weighted by atomic mass is 10.2. The Morgan fingerprint density at radius 3 is 2.89 bits per heavy atom. The van der Waals surface area contributed by atoms with E-state index in [1.165, 1.54) is 12.8 Å². The molecule has 1 fully saturated rings. The maximum atomic E-state index is 9.27. The molecule has 1 aliphatic carbocycles. The van der Waals surface area contributed by atoms with Crippen molar-refractivity contribution in [1.82, 2.24) is 14.8 Å². The third-order valence-corrected chi connectivity index (χ3v) is 3.31. The van der Waals surface area contributed by atoms with E-state index >= 15 is 0 Å². The highest BCUT2D eigenvalue weighted by molar-refractivity contribution is 5.31. The molecule has 0 amide bonds. The lowest BCUT2D eigenvalue weighted by molar-refractivity contribution is 0.281. The summed E-state index contributed by atoms with van der Waals surface area (Å²) in [7, 11) is 0. The molecule has 0 saturated heterocycles. The fourth-order valence-electron chi connectivity index (χ4n) is 2.09. The van der Waals surface area contributed by atoms with Crippen molar-refractivity contribution in [2.24, 2.45) is 0 Å². The Labute approximate surface area is 106 Å². The molecule has 0 bridgehead atoms. The number of hydrogen-bond acceptors (Lipinski definition) is 3. The lowest BCUT2D eigenvalue weighted by Crippen LogP contribution is -2.03. The van der Waals surface area contributed by atoms with E-state index in [9.17, 15) is 5.11 Å². The van der Waals surface area contributed by atoms with Gasteiger partial charge in [-0.1, -0.05) is 6.92 Å². The van der Waals surface area contributed by atoms with Crippen molar-refractivity contribution in [3.8, 4) is 5.82 Å². The molecule has 4 heteroatoms. The molecule has 1 aliphatic rings. The summed E-state index contributed by atoms with van der Waals surface area (Å²) in [5.74, 6) is 1.45. The van der Waals surface area contributed by atoms with Crippen LogP contribution in [-0.4, -0.2) is 19.9 Å². The molecule has 0 unspecified atom stereocenters. The standard InChI is InChI=1S/C14H17N3O/c1-2-12-7-10(9-18)8-14(15-12)17-6-5-13(16-17)11-3-4-11/h5-8,11,18H,2-4,9H2,1H3. The summed E-state index contributed by atoms with van der Waals surface area (Å²) < 4.78 is 1.81. The van der Waals surface area contributed by atoms with Crippen LogP contribution in [0.1, 0.15) is 42.6 Å². The maximum absolute atomic E-state index is 9.27. The minimum atomic E-state index is 0.0409. The molecule has 4 nitrogen and oxygen atoms in total. The second-order valence-corrected chi connectivity index (χ2v) is 4.80. The highest BCUT2D eigenvalue weighted by Crippen LogP contribution is 2.38. The number of rotatable bonds is 4. The molecule has 0 spiro atoms. The molecule has 0 radical (unpaired) electrons. The van der Waals surface area contributed by atoms with E-state index in [-0.39, 0.29) is 6.61 Å². The molecule has 0 aliphatic heterocycles. The van der Waals surface area contributed by atoms with Crippen molar-refractivity contribution in [1.29, 1.82) is 0 Å². The van der Waals surface area contributed by atoms with Crippen LogP contribution >= 0.6 is 0 Å². The molecule has 0 aromatic carbocycles. The van der Waals surface area contributed by atoms with Gasteiger partial charge in [0.2, 0.25) is 0 Å². The molecule has 18 heavy (non-hydrogen) atoms. The topological polar surface area (TPSA) is 50.9 Å². The first-order chi connectivity index (χ1) is 8.80. The molecular weight excluding hydrogens is 226 g/mol. The average Bonchev–Trinajstić information content (AvgIpc) is 3.15. The number of aryl methyl sites for hydroxylation is 1. The Morgan fingerprint density at radius 1 is 1.39 bits per heavy atom. The Kier molecular flexibility index (Phi) is 2.88. The van der Waals surface area contributed by atoms with Gasteiger partial charge < -0.3 is 5.11 Å². The summed E-state index contributed by atoms with van der Waals surface area (Å²) >= 11 is 0. The van der Waals surface area contributed by atoms with Crippen LogP contribution in [0.3, 0.4) is 0 Å². The zero-order chi connectivity index (χ0) is 12.5. The monoisotopic (exact) mass is 243 g/mol. The van der Waals surface area contributed by atoms with Gasteiger partial charge in [0.15, 0.2) is 5.82 Å². The van der Waals surface area contributed by atoms with E-state index < -0.39 is 0 Å². The van der Waals surface area contributed by atoms with Gasteiger partial charge in [-0.25, -0.2) is 9.67 Å². The number of aromatic nitrogens is 3. The minimum Gasteiger partial charge on any atom is -0.392 e. The third kappa shape index (κ3) is 2.16. The van der Waals surface area contributed by atoms with Gasteiger partial charge in [-0.3, -0.25) is 0 Å². The second-order valence-electron chi connectivity index (χ2n) is 4.80. The molecule has 3 rings (SSSR count). The first kappa shape index (κ1) is 11.4. The van der Waals surface area contributed by atoms with Gasteiger partial charge in [0, 0.05) is 17.8 Å². The highest BCUT2D eigenvalue weighted by Gasteiger charge is 2.26. The van der Waals surface area contributed by atoms with E-state index in [1.807, 2.05) is 23.0 Å². The molecule has 0 atom stereocenters. The normalized spacial score (nSPS) is 15.0. The minimum absolute atomic E-state index is 0.0409. The first-order valence-corrected chi connectivity index (χ1v) is 6.46.